The van der Waals surface area contributed by atoms with Gasteiger partial charge >= 0.3 is 0 Å². The Bertz CT molecular complexity index is 1050. The summed E-state index contributed by atoms with van der Waals surface area (Å²) in [5.41, 5.74) is 4.58. The SMILES string of the molecule is CC(=O)N1CCN(c2ccc3c(c2)CCN(S(=O)(=O)N(C)CCc2ccccc2)C3)CC1. The molecule has 0 radical (unpaired) electrons. The molecule has 1 fully saturated rings. The maximum absolute atomic E-state index is 13.1. The van der Waals surface area contributed by atoms with Crippen LogP contribution >= 0.6 is 0 Å². The van der Waals surface area contributed by atoms with Gasteiger partial charge in [-0.2, -0.15) is 17.0 Å². The standard InChI is InChI=1S/C24H32N4O3S/c1-20(29)26-14-16-27(17-15-26)24-9-8-23-19-28(13-11-22(23)18-24)32(30,31)25(2)12-10-21-6-4-3-5-7-21/h3-9,18H,10-17,19H2,1-2H3. The second-order valence-electron chi connectivity index (χ2n) is 8.59. The summed E-state index contributed by atoms with van der Waals surface area (Å²) in [6.07, 6.45) is 1.41. The van der Waals surface area contributed by atoms with Gasteiger partial charge in [0.05, 0.1) is 0 Å². The molecule has 2 aliphatic rings. The molecule has 2 aromatic rings. The van der Waals surface area contributed by atoms with Gasteiger partial charge in [-0.15, -0.1) is 0 Å². The number of anilines is 1. The lowest BCUT2D eigenvalue weighted by atomic mass is 10.00. The van der Waals surface area contributed by atoms with Gasteiger partial charge in [-0.1, -0.05) is 36.4 Å². The number of benzene rings is 2. The molecule has 2 aliphatic heterocycles. The Labute approximate surface area is 191 Å². The van der Waals surface area contributed by atoms with Crippen molar-refractivity contribution in [2.45, 2.75) is 26.3 Å². The third-order valence-electron chi connectivity index (χ3n) is 6.54. The zero-order chi connectivity index (χ0) is 22.7. The molecule has 32 heavy (non-hydrogen) atoms. The van der Waals surface area contributed by atoms with Crippen LogP contribution in [0.25, 0.3) is 0 Å². The second-order valence-corrected chi connectivity index (χ2v) is 10.6. The van der Waals surface area contributed by atoms with Gasteiger partial charge in [0.2, 0.25) is 5.91 Å². The van der Waals surface area contributed by atoms with E-state index in [1.165, 1.54) is 9.87 Å². The number of piperazine rings is 1. The van der Waals surface area contributed by atoms with Crippen molar-refractivity contribution in [2.24, 2.45) is 0 Å². The zero-order valence-corrected chi connectivity index (χ0v) is 19.7. The van der Waals surface area contributed by atoms with Crippen molar-refractivity contribution >= 4 is 21.8 Å². The lowest BCUT2D eigenvalue weighted by Crippen LogP contribution is -2.48. The first kappa shape index (κ1) is 22.8. The molecule has 0 aromatic heterocycles. The Kier molecular flexibility index (Phi) is 6.83. The van der Waals surface area contributed by atoms with E-state index in [0.29, 0.717) is 32.5 Å². The molecule has 0 aliphatic carbocycles. The lowest BCUT2D eigenvalue weighted by molar-refractivity contribution is -0.129. The Morgan fingerprint density at radius 3 is 2.38 bits per heavy atom. The number of hydrogen-bond acceptors (Lipinski definition) is 4. The molecule has 0 saturated carbocycles. The summed E-state index contributed by atoms with van der Waals surface area (Å²) in [5.74, 6) is 0.130. The first-order valence-electron chi connectivity index (χ1n) is 11.2. The zero-order valence-electron chi connectivity index (χ0n) is 18.9. The van der Waals surface area contributed by atoms with Gasteiger partial charge < -0.3 is 9.80 Å². The monoisotopic (exact) mass is 456 g/mol. The smallest absolute Gasteiger partial charge is 0.282 e. The normalized spacial score (nSPS) is 17.5. The predicted octanol–water partition coefficient (Wildman–Crippen LogP) is 2.13. The fourth-order valence-corrected chi connectivity index (χ4v) is 5.77. The molecule has 4 rings (SSSR count). The van der Waals surface area contributed by atoms with E-state index in [9.17, 15) is 13.2 Å². The summed E-state index contributed by atoms with van der Waals surface area (Å²) >= 11 is 0. The number of hydrogen-bond donors (Lipinski definition) is 0. The van der Waals surface area contributed by atoms with Crippen LogP contribution in [0.2, 0.25) is 0 Å². The number of rotatable bonds is 6. The molecule has 1 saturated heterocycles. The highest BCUT2D eigenvalue weighted by atomic mass is 32.2. The molecular formula is C24H32N4O3S. The lowest BCUT2D eigenvalue weighted by Gasteiger charge is -2.36. The predicted molar refractivity (Wildman–Crippen MR) is 127 cm³/mol. The van der Waals surface area contributed by atoms with E-state index in [1.54, 1.807) is 18.3 Å². The van der Waals surface area contributed by atoms with Crippen molar-refractivity contribution in [3.63, 3.8) is 0 Å². The largest absolute Gasteiger partial charge is 0.368 e. The molecule has 0 atom stereocenters. The minimum Gasteiger partial charge on any atom is -0.368 e. The van der Waals surface area contributed by atoms with E-state index in [4.69, 9.17) is 0 Å². The summed E-state index contributed by atoms with van der Waals surface area (Å²) in [6, 6.07) is 16.3. The highest BCUT2D eigenvalue weighted by Gasteiger charge is 2.30. The summed E-state index contributed by atoms with van der Waals surface area (Å²) in [6.45, 7) is 6.12. The number of carbonyl (C=O) groups is 1. The first-order valence-corrected chi connectivity index (χ1v) is 12.6. The molecule has 7 nitrogen and oxygen atoms in total. The quantitative estimate of drug-likeness (QED) is 0.668. The molecule has 172 valence electrons. The van der Waals surface area contributed by atoms with Crippen LogP contribution in [-0.2, 0) is 34.4 Å². The van der Waals surface area contributed by atoms with E-state index < -0.39 is 10.2 Å². The topological polar surface area (TPSA) is 64.2 Å². The third kappa shape index (κ3) is 4.98. The summed E-state index contributed by atoms with van der Waals surface area (Å²) in [5, 5.41) is 0. The average molecular weight is 457 g/mol. The molecule has 0 unspecified atom stereocenters. The van der Waals surface area contributed by atoms with Crippen LogP contribution < -0.4 is 4.90 Å². The highest BCUT2D eigenvalue weighted by molar-refractivity contribution is 7.86. The number of amides is 1. The Balaban J connectivity index is 1.38. The van der Waals surface area contributed by atoms with Crippen molar-refractivity contribution in [2.75, 3.05) is 51.2 Å². The van der Waals surface area contributed by atoms with Crippen LogP contribution in [0.5, 0.6) is 0 Å². The van der Waals surface area contributed by atoms with Crippen LogP contribution in [-0.4, -0.2) is 74.2 Å². The van der Waals surface area contributed by atoms with Gasteiger partial charge in [0.15, 0.2) is 0 Å². The molecule has 8 heteroatoms. The minimum absolute atomic E-state index is 0.130. The second kappa shape index (κ2) is 9.60. The van der Waals surface area contributed by atoms with E-state index in [-0.39, 0.29) is 5.91 Å². The highest BCUT2D eigenvalue weighted by Crippen LogP contribution is 2.27. The van der Waals surface area contributed by atoms with Gasteiger partial charge in [-0.3, -0.25) is 4.79 Å². The molecule has 0 bridgehead atoms. The number of fused-ring (bicyclic) bond motifs is 1. The maximum atomic E-state index is 13.1. The Morgan fingerprint density at radius 2 is 1.69 bits per heavy atom. The van der Waals surface area contributed by atoms with Gasteiger partial charge in [0, 0.05) is 65.5 Å². The Hall–Kier alpha value is -2.42. The molecule has 1 amide bonds. The van der Waals surface area contributed by atoms with E-state index >= 15 is 0 Å². The molecule has 2 aromatic carbocycles. The van der Waals surface area contributed by atoms with Crippen molar-refractivity contribution in [1.82, 2.24) is 13.5 Å². The van der Waals surface area contributed by atoms with Crippen molar-refractivity contribution in [1.29, 1.82) is 0 Å². The Morgan fingerprint density at radius 1 is 0.969 bits per heavy atom. The summed E-state index contributed by atoms with van der Waals surface area (Å²) < 4.78 is 29.3. The van der Waals surface area contributed by atoms with Crippen LogP contribution in [0.15, 0.2) is 48.5 Å². The van der Waals surface area contributed by atoms with Gasteiger partial charge in [0.25, 0.3) is 10.2 Å². The first-order chi connectivity index (χ1) is 15.3. The fraction of sp³-hybridized carbons (Fsp3) is 0.458. The van der Waals surface area contributed by atoms with Gasteiger partial charge in [-0.05, 0) is 41.7 Å². The van der Waals surface area contributed by atoms with E-state index in [1.807, 2.05) is 35.2 Å². The number of carbonyl (C=O) groups excluding carboxylic acids is 1. The van der Waals surface area contributed by atoms with Crippen LogP contribution in [0.4, 0.5) is 5.69 Å². The molecular weight excluding hydrogens is 424 g/mol. The van der Waals surface area contributed by atoms with Crippen molar-refractivity contribution < 1.29 is 13.2 Å². The van der Waals surface area contributed by atoms with Crippen molar-refractivity contribution in [3.8, 4) is 0 Å². The summed E-state index contributed by atoms with van der Waals surface area (Å²) in [4.78, 5) is 15.7. The molecule has 0 N–H and O–H groups in total. The van der Waals surface area contributed by atoms with Crippen LogP contribution in [0.1, 0.15) is 23.6 Å². The van der Waals surface area contributed by atoms with E-state index in [2.05, 4.69) is 23.1 Å². The van der Waals surface area contributed by atoms with Crippen LogP contribution in [0.3, 0.4) is 0 Å². The van der Waals surface area contributed by atoms with E-state index in [0.717, 1.165) is 43.0 Å². The maximum Gasteiger partial charge on any atom is 0.282 e. The fourth-order valence-electron chi connectivity index (χ4n) is 4.43. The third-order valence-corrected chi connectivity index (χ3v) is 8.47. The number of nitrogens with zero attached hydrogens (tertiary/aromatic N) is 4. The van der Waals surface area contributed by atoms with Gasteiger partial charge in [-0.25, -0.2) is 0 Å². The molecule has 0 spiro atoms. The van der Waals surface area contributed by atoms with Crippen molar-refractivity contribution in [3.05, 3.63) is 65.2 Å². The minimum atomic E-state index is -3.50. The summed E-state index contributed by atoms with van der Waals surface area (Å²) in [7, 11) is -1.84. The van der Waals surface area contributed by atoms with Gasteiger partial charge in [0.1, 0.15) is 0 Å². The van der Waals surface area contributed by atoms with Crippen LogP contribution in [0, 0.1) is 0 Å². The molecule has 2 heterocycles. The average Bonchev–Trinajstić information content (AvgIpc) is 2.82. The number of likely N-dealkylation sites (N-methyl/N-ethyl adjacent to an activating group) is 1.